The summed E-state index contributed by atoms with van der Waals surface area (Å²) in [5.74, 6) is 2.66. The standard InChI is InChI=1S/C14H23N3/c1-4-6-7-8-10-15-12-14-9-11-17(16-14)13(3)5-2/h1,9,11,13,15H,5-8,10,12H2,2-3H3. The maximum absolute atomic E-state index is 5.20. The highest BCUT2D eigenvalue weighted by Gasteiger charge is 2.03. The van der Waals surface area contributed by atoms with E-state index in [9.17, 15) is 0 Å². The molecule has 0 saturated carbocycles. The number of terminal acetylenes is 1. The molecule has 0 radical (unpaired) electrons. The zero-order chi connectivity index (χ0) is 12.5. The molecule has 1 aromatic rings. The van der Waals surface area contributed by atoms with Crippen molar-refractivity contribution in [2.24, 2.45) is 0 Å². The van der Waals surface area contributed by atoms with E-state index >= 15 is 0 Å². The quantitative estimate of drug-likeness (QED) is 0.552. The van der Waals surface area contributed by atoms with Gasteiger partial charge in [-0.15, -0.1) is 12.3 Å². The first-order chi connectivity index (χ1) is 8.27. The van der Waals surface area contributed by atoms with E-state index in [1.807, 2.05) is 4.68 Å². The second-order valence-electron chi connectivity index (χ2n) is 4.38. The van der Waals surface area contributed by atoms with Crippen LogP contribution in [0.5, 0.6) is 0 Å². The normalized spacial score (nSPS) is 12.3. The van der Waals surface area contributed by atoms with Crippen LogP contribution < -0.4 is 5.32 Å². The van der Waals surface area contributed by atoms with Gasteiger partial charge in [-0.1, -0.05) is 6.92 Å². The highest BCUT2D eigenvalue weighted by molar-refractivity contribution is 4.99. The molecule has 0 spiro atoms. The van der Waals surface area contributed by atoms with E-state index in [1.54, 1.807) is 0 Å². The summed E-state index contributed by atoms with van der Waals surface area (Å²) < 4.78 is 2.04. The van der Waals surface area contributed by atoms with Crippen molar-refractivity contribution < 1.29 is 0 Å². The van der Waals surface area contributed by atoms with Crippen molar-refractivity contribution in [1.82, 2.24) is 15.1 Å². The smallest absolute Gasteiger partial charge is 0.0762 e. The minimum atomic E-state index is 0.486. The van der Waals surface area contributed by atoms with Gasteiger partial charge in [0.25, 0.3) is 0 Å². The molecule has 0 aliphatic rings. The number of nitrogens with one attached hydrogen (secondary N) is 1. The van der Waals surface area contributed by atoms with Crippen LogP contribution in [0.15, 0.2) is 12.3 Å². The molecular formula is C14H23N3. The van der Waals surface area contributed by atoms with Gasteiger partial charge in [0.05, 0.1) is 5.69 Å². The van der Waals surface area contributed by atoms with Crippen molar-refractivity contribution in [2.45, 2.75) is 52.1 Å². The maximum Gasteiger partial charge on any atom is 0.0762 e. The van der Waals surface area contributed by atoms with E-state index in [-0.39, 0.29) is 0 Å². The Hall–Kier alpha value is -1.27. The molecule has 1 rings (SSSR count). The predicted octanol–water partition coefficient (Wildman–Crippen LogP) is 2.75. The third kappa shape index (κ3) is 5.06. The fourth-order valence-corrected chi connectivity index (χ4v) is 1.60. The molecule has 0 saturated heterocycles. The molecule has 3 nitrogen and oxygen atoms in total. The van der Waals surface area contributed by atoms with Crippen LogP contribution in [0.3, 0.4) is 0 Å². The fraction of sp³-hybridized carbons (Fsp3) is 0.643. The Balaban J connectivity index is 2.19. The molecule has 0 bridgehead atoms. The van der Waals surface area contributed by atoms with Gasteiger partial charge < -0.3 is 5.32 Å². The number of aromatic nitrogens is 2. The van der Waals surface area contributed by atoms with Gasteiger partial charge in [0.2, 0.25) is 0 Å². The molecule has 94 valence electrons. The summed E-state index contributed by atoms with van der Waals surface area (Å²) >= 11 is 0. The highest BCUT2D eigenvalue weighted by atomic mass is 15.3. The first-order valence-electron chi connectivity index (χ1n) is 6.46. The van der Waals surface area contributed by atoms with Gasteiger partial charge >= 0.3 is 0 Å². The van der Waals surface area contributed by atoms with Gasteiger partial charge in [-0.05, 0) is 38.8 Å². The fourth-order valence-electron chi connectivity index (χ4n) is 1.60. The van der Waals surface area contributed by atoms with E-state index in [4.69, 9.17) is 6.42 Å². The van der Waals surface area contributed by atoms with Crippen molar-refractivity contribution in [3.63, 3.8) is 0 Å². The molecule has 0 aliphatic carbocycles. The molecule has 3 heteroatoms. The van der Waals surface area contributed by atoms with Crippen molar-refractivity contribution >= 4 is 0 Å². The summed E-state index contributed by atoms with van der Waals surface area (Å²) in [6.45, 7) is 6.22. The Labute approximate surface area is 105 Å². The van der Waals surface area contributed by atoms with Crippen molar-refractivity contribution in [1.29, 1.82) is 0 Å². The molecule has 0 fully saturated rings. The largest absolute Gasteiger partial charge is 0.311 e. The zero-order valence-electron chi connectivity index (χ0n) is 10.9. The molecular weight excluding hydrogens is 210 g/mol. The van der Waals surface area contributed by atoms with Crippen LogP contribution in [0.1, 0.15) is 51.3 Å². The van der Waals surface area contributed by atoms with Crippen LogP contribution >= 0.6 is 0 Å². The number of nitrogens with zero attached hydrogens (tertiary/aromatic N) is 2. The summed E-state index contributed by atoms with van der Waals surface area (Å²) in [4.78, 5) is 0. The lowest BCUT2D eigenvalue weighted by Crippen LogP contribution is -2.15. The Morgan fingerprint density at radius 3 is 3.06 bits per heavy atom. The van der Waals surface area contributed by atoms with Crippen LogP contribution in [0, 0.1) is 12.3 Å². The monoisotopic (exact) mass is 233 g/mol. The van der Waals surface area contributed by atoms with E-state index in [1.165, 1.54) is 0 Å². The first-order valence-corrected chi connectivity index (χ1v) is 6.46. The summed E-state index contributed by atoms with van der Waals surface area (Å²) in [5, 5.41) is 7.92. The van der Waals surface area contributed by atoms with E-state index in [0.717, 1.165) is 44.5 Å². The van der Waals surface area contributed by atoms with Gasteiger partial charge in [0, 0.05) is 25.2 Å². The second kappa shape index (κ2) is 7.92. The van der Waals surface area contributed by atoms with Crippen LogP contribution in [-0.2, 0) is 6.54 Å². The average Bonchev–Trinajstić information content (AvgIpc) is 2.81. The van der Waals surface area contributed by atoms with E-state index < -0.39 is 0 Å². The van der Waals surface area contributed by atoms with Gasteiger partial charge in [0.15, 0.2) is 0 Å². The lowest BCUT2D eigenvalue weighted by atomic mass is 10.2. The van der Waals surface area contributed by atoms with Crippen LogP contribution in [0.4, 0.5) is 0 Å². The van der Waals surface area contributed by atoms with Gasteiger partial charge in [-0.25, -0.2) is 0 Å². The summed E-state index contributed by atoms with van der Waals surface area (Å²) in [5.41, 5.74) is 1.11. The Kier molecular flexibility index (Phi) is 6.42. The first kappa shape index (κ1) is 13.8. The highest BCUT2D eigenvalue weighted by Crippen LogP contribution is 2.08. The van der Waals surface area contributed by atoms with E-state index in [0.29, 0.717) is 6.04 Å². The number of rotatable bonds is 8. The topological polar surface area (TPSA) is 29.9 Å². The Morgan fingerprint density at radius 1 is 1.53 bits per heavy atom. The molecule has 0 aliphatic heterocycles. The Bertz CT molecular complexity index is 349. The van der Waals surface area contributed by atoms with Crippen molar-refractivity contribution in [3.05, 3.63) is 18.0 Å². The number of unbranched alkanes of at least 4 members (excludes halogenated alkanes) is 2. The molecule has 1 N–H and O–H groups in total. The van der Waals surface area contributed by atoms with Crippen molar-refractivity contribution in [2.75, 3.05) is 6.54 Å². The summed E-state index contributed by atoms with van der Waals surface area (Å²) in [6.07, 6.45) is 11.5. The van der Waals surface area contributed by atoms with Gasteiger partial charge in [-0.3, -0.25) is 4.68 Å². The lowest BCUT2D eigenvalue weighted by Gasteiger charge is -2.08. The maximum atomic E-state index is 5.20. The van der Waals surface area contributed by atoms with Crippen LogP contribution in [0.25, 0.3) is 0 Å². The molecule has 0 amide bonds. The molecule has 1 atom stereocenters. The number of hydrogen-bond acceptors (Lipinski definition) is 2. The zero-order valence-corrected chi connectivity index (χ0v) is 10.9. The molecule has 17 heavy (non-hydrogen) atoms. The molecule has 1 unspecified atom stereocenters. The van der Waals surface area contributed by atoms with Crippen molar-refractivity contribution in [3.8, 4) is 12.3 Å². The summed E-state index contributed by atoms with van der Waals surface area (Å²) in [6, 6.07) is 2.57. The van der Waals surface area contributed by atoms with Crippen LogP contribution in [-0.4, -0.2) is 16.3 Å². The van der Waals surface area contributed by atoms with Gasteiger partial charge in [-0.2, -0.15) is 5.10 Å². The second-order valence-corrected chi connectivity index (χ2v) is 4.38. The minimum absolute atomic E-state index is 0.486. The molecule has 1 heterocycles. The van der Waals surface area contributed by atoms with Gasteiger partial charge in [0.1, 0.15) is 0 Å². The molecule has 0 aromatic carbocycles. The third-order valence-electron chi connectivity index (χ3n) is 2.94. The number of hydrogen-bond donors (Lipinski definition) is 1. The third-order valence-corrected chi connectivity index (χ3v) is 2.94. The predicted molar refractivity (Wildman–Crippen MR) is 71.6 cm³/mol. The SMILES string of the molecule is C#CCCCCNCc1ccn(C(C)CC)n1. The molecule has 1 aromatic heterocycles. The Morgan fingerprint density at radius 2 is 2.35 bits per heavy atom. The lowest BCUT2D eigenvalue weighted by molar-refractivity contribution is 0.471. The van der Waals surface area contributed by atoms with Crippen LogP contribution in [0.2, 0.25) is 0 Å². The van der Waals surface area contributed by atoms with E-state index in [2.05, 4.69) is 42.4 Å². The summed E-state index contributed by atoms with van der Waals surface area (Å²) in [7, 11) is 0. The minimum Gasteiger partial charge on any atom is -0.311 e. The average molecular weight is 233 g/mol.